The number of benzene rings is 3. The van der Waals surface area contributed by atoms with Gasteiger partial charge in [0.1, 0.15) is 17.8 Å². The number of amides is 1. The lowest BCUT2D eigenvalue weighted by atomic mass is 10.1. The van der Waals surface area contributed by atoms with E-state index in [1.165, 1.54) is 56.6 Å². The molecule has 3 aromatic carbocycles. The van der Waals surface area contributed by atoms with Crippen LogP contribution >= 0.6 is 23.1 Å². The van der Waals surface area contributed by atoms with Gasteiger partial charge in [-0.15, -0.1) is 0 Å². The minimum Gasteiger partial charge on any atom is -0.497 e. The van der Waals surface area contributed by atoms with Crippen molar-refractivity contribution in [2.45, 2.75) is 24.5 Å². The number of hydrogen-bond acceptors (Lipinski definition) is 9. The maximum Gasteiger partial charge on any atom is 0.416 e. The normalized spacial score (nSPS) is 13.4. The van der Waals surface area contributed by atoms with Gasteiger partial charge in [-0.3, -0.25) is 4.79 Å². The fraction of sp³-hybridized carbons (Fsp3) is 0.250. The van der Waals surface area contributed by atoms with E-state index in [0.29, 0.717) is 22.7 Å². The number of hydrogen-bond donors (Lipinski definition) is 0. The number of nitrogens with zero attached hydrogens (tertiary/aromatic N) is 5. The molecule has 4 aromatic rings. The van der Waals surface area contributed by atoms with E-state index in [1.807, 2.05) is 0 Å². The van der Waals surface area contributed by atoms with Crippen molar-refractivity contribution in [1.29, 1.82) is 0 Å². The molecule has 1 aromatic heterocycles. The first-order valence-electron chi connectivity index (χ1n) is 12.9. The molecule has 232 valence electrons. The summed E-state index contributed by atoms with van der Waals surface area (Å²) < 4.78 is 84.0. The highest BCUT2D eigenvalue weighted by atomic mass is 35.5. The van der Waals surface area contributed by atoms with Crippen LogP contribution in [0.25, 0.3) is 0 Å². The Morgan fingerprint density at radius 2 is 1.77 bits per heavy atom. The lowest BCUT2D eigenvalue weighted by molar-refractivity contribution is -0.137. The zero-order chi connectivity index (χ0) is 31.8. The van der Waals surface area contributed by atoms with E-state index in [-0.39, 0.29) is 52.0 Å². The molecule has 1 aliphatic rings. The predicted molar refractivity (Wildman–Crippen MR) is 161 cm³/mol. The van der Waals surface area contributed by atoms with E-state index in [0.717, 1.165) is 28.0 Å². The third kappa shape index (κ3) is 5.99. The van der Waals surface area contributed by atoms with Gasteiger partial charge in [0.05, 0.1) is 53.3 Å². The summed E-state index contributed by atoms with van der Waals surface area (Å²) in [7, 11) is -1.36. The number of methoxy groups -OCH3 is 2. The van der Waals surface area contributed by atoms with Crippen molar-refractivity contribution < 1.29 is 35.9 Å². The van der Waals surface area contributed by atoms with Crippen LogP contribution < -0.4 is 23.6 Å². The number of halogens is 4. The molecule has 44 heavy (non-hydrogen) atoms. The van der Waals surface area contributed by atoms with Crippen molar-refractivity contribution >= 4 is 61.3 Å². The van der Waals surface area contributed by atoms with Crippen LogP contribution in [0.3, 0.4) is 0 Å². The minimum atomic E-state index is -4.58. The van der Waals surface area contributed by atoms with E-state index in [2.05, 4.69) is 9.36 Å². The number of carbonyl (C=O) groups excluding carboxylic acids is 1. The Morgan fingerprint density at radius 1 is 1.02 bits per heavy atom. The largest absolute Gasteiger partial charge is 0.497 e. The summed E-state index contributed by atoms with van der Waals surface area (Å²) in [6.45, 7) is 1.52. The zero-order valence-corrected chi connectivity index (χ0v) is 25.9. The number of ether oxygens (including phenoxy) is 2. The Hall–Kier alpha value is -4.08. The molecule has 10 nitrogen and oxygen atoms in total. The Bertz CT molecular complexity index is 1810. The smallest absolute Gasteiger partial charge is 0.416 e. The van der Waals surface area contributed by atoms with E-state index >= 15 is 0 Å². The summed E-state index contributed by atoms with van der Waals surface area (Å²) >= 11 is 7.18. The molecule has 0 atom stereocenters. The van der Waals surface area contributed by atoms with Gasteiger partial charge in [-0.2, -0.15) is 17.5 Å². The van der Waals surface area contributed by atoms with Crippen LogP contribution in [0.1, 0.15) is 18.1 Å². The van der Waals surface area contributed by atoms with Crippen LogP contribution in [0.2, 0.25) is 5.02 Å². The molecule has 0 spiro atoms. The second kappa shape index (κ2) is 12.1. The number of carbonyl (C=O) groups is 1. The fourth-order valence-corrected chi connectivity index (χ4v) is 7.26. The number of aromatic nitrogens is 2. The summed E-state index contributed by atoms with van der Waals surface area (Å²) in [4.78, 5) is 19.7. The molecule has 0 aliphatic carbocycles. The highest BCUT2D eigenvalue weighted by Gasteiger charge is 2.35. The molecule has 1 aliphatic heterocycles. The molecule has 0 unspecified atom stereocenters. The highest BCUT2D eigenvalue weighted by Crippen LogP contribution is 2.44. The van der Waals surface area contributed by atoms with Gasteiger partial charge in [0.25, 0.3) is 10.0 Å². The summed E-state index contributed by atoms with van der Waals surface area (Å²) in [5, 5.41) is -0.0446. The lowest BCUT2D eigenvalue weighted by Crippen LogP contribution is -2.41. The Morgan fingerprint density at radius 3 is 2.39 bits per heavy atom. The second-order valence-electron chi connectivity index (χ2n) is 9.55. The van der Waals surface area contributed by atoms with Crippen LogP contribution in [-0.4, -0.2) is 51.0 Å². The van der Waals surface area contributed by atoms with Gasteiger partial charge >= 0.3 is 6.18 Å². The Kier molecular flexibility index (Phi) is 8.64. The lowest BCUT2D eigenvalue weighted by Gasteiger charge is -2.38. The van der Waals surface area contributed by atoms with Crippen LogP contribution in [-0.2, 0) is 27.5 Å². The van der Waals surface area contributed by atoms with Gasteiger partial charge in [0.15, 0.2) is 0 Å². The van der Waals surface area contributed by atoms with Gasteiger partial charge < -0.3 is 19.3 Å². The van der Waals surface area contributed by atoms with Crippen molar-refractivity contribution in [3.05, 3.63) is 77.1 Å². The van der Waals surface area contributed by atoms with Gasteiger partial charge in [-0.25, -0.2) is 17.7 Å². The Balaban J connectivity index is 1.59. The number of fused-ring (bicyclic) bond motifs is 1. The molecule has 0 saturated carbocycles. The van der Waals surface area contributed by atoms with Gasteiger partial charge in [0.2, 0.25) is 11.0 Å². The summed E-state index contributed by atoms with van der Waals surface area (Å²) in [5.74, 6) is 0.571. The average Bonchev–Trinajstić information content (AvgIpc) is 3.53. The first-order valence-corrected chi connectivity index (χ1v) is 15.5. The number of rotatable bonds is 8. The van der Waals surface area contributed by atoms with Crippen molar-refractivity contribution in [3.63, 3.8) is 0 Å². The monoisotopic (exact) mass is 667 g/mol. The highest BCUT2D eigenvalue weighted by molar-refractivity contribution is 7.93. The molecule has 0 N–H and O–H groups in total. The molecule has 5 rings (SSSR count). The summed E-state index contributed by atoms with van der Waals surface area (Å²) in [6.07, 6.45) is -3.34. The number of sulfonamides is 1. The van der Waals surface area contributed by atoms with Gasteiger partial charge in [-0.05, 0) is 48.5 Å². The molecule has 16 heteroatoms. The van der Waals surface area contributed by atoms with Gasteiger partial charge in [-0.1, -0.05) is 11.6 Å². The van der Waals surface area contributed by atoms with Crippen molar-refractivity contribution in [1.82, 2.24) is 9.36 Å². The first-order chi connectivity index (χ1) is 20.8. The maximum atomic E-state index is 14.2. The van der Waals surface area contributed by atoms with E-state index in [9.17, 15) is 26.4 Å². The third-order valence-corrected chi connectivity index (χ3v) is 9.82. The van der Waals surface area contributed by atoms with Crippen molar-refractivity contribution in [3.8, 4) is 11.5 Å². The molecule has 0 radical (unpaired) electrons. The van der Waals surface area contributed by atoms with Crippen LogP contribution in [0, 0.1) is 0 Å². The Labute approximate surface area is 260 Å². The second-order valence-corrected chi connectivity index (χ2v) is 12.6. The van der Waals surface area contributed by atoms with Crippen LogP contribution in [0.5, 0.6) is 11.5 Å². The van der Waals surface area contributed by atoms with E-state index in [1.54, 1.807) is 23.1 Å². The van der Waals surface area contributed by atoms with Crippen LogP contribution in [0.15, 0.2) is 65.8 Å². The maximum absolute atomic E-state index is 14.2. The molecule has 0 fully saturated rings. The average molecular weight is 668 g/mol. The van der Waals surface area contributed by atoms with Crippen LogP contribution in [0.4, 0.5) is 35.4 Å². The van der Waals surface area contributed by atoms with Crippen molar-refractivity contribution in [2.75, 3.05) is 41.4 Å². The summed E-state index contributed by atoms with van der Waals surface area (Å²) in [6, 6.07) is 12.2. The van der Waals surface area contributed by atoms with E-state index in [4.69, 9.17) is 21.1 Å². The molecular formula is C28H25ClF3N5O5S2. The third-order valence-electron chi connectivity index (χ3n) is 6.98. The molecule has 0 bridgehead atoms. The first kappa shape index (κ1) is 31.3. The quantitative estimate of drug-likeness (QED) is 0.221. The predicted octanol–water partition coefficient (Wildman–Crippen LogP) is 6.13. The van der Waals surface area contributed by atoms with Crippen molar-refractivity contribution in [2.24, 2.45) is 0 Å². The standard InChI is InChI=1S/C28H25ClF3N5O5S2/c1-17(38)35-10-11-36(23-8-5-19(12-22(23)29)28(30,31)32)24-9-7-21(14-25(24)35)44(39,40)37(27-33-16-34-43-27)15-18-4-6-20(41-2)13-26(18)42-3/h4-9,12-14,16H,10-11,15H2,1-3H3. The fourth-order valence-electron chi connectivity index (χ4n) is 4.83. The molecular weight excluding hydrogens is 643 g/mol. The molecule has 2 heterocycles. The molecule has 0 saturated heterocycles. The zero-order valence-electron chi connectivity index (χ0n) is 23.5. The topological polar surface area (TPSA) is 105 Å². The van der Waals surface area contributed by atoms with Gasteiger partial charge in [0, 0.05) is 43.2 Å². The van der Waals surface area contributed by atoms with E-state index < -0.39 is 21.8 Å². The number of anilines is 4. The molecule has 1 amide bonds. The minimum absolute atomic E-state index is 0.0992. The number of alkyl halides is 3. The summed E-state index contributed by atoms with van der Waals surface area (Å²) in [5.41, 5.74) is 0.548. The SMILES string of the molecule is COc1ccc(CN(c2ncns2)S(=O)(=O)c2ccc3c(c2)N(C(C)=O)CCN3c2ccc(C(F)(F)F)cc2Cl)c(OC)c1.